The highest BCUT2D eigenvalue weighted by Crippen LogP contribution is 2.36. The molecule has 0 fully saturated rings. The van der Waals surface area contributed by atoms with E-state index in [1.165, 1.54) is 0 Å². The molecule has 3 N–H and O–H groups in total. The van der Waals surface area contributed by atoms with Crippen molar-refractivity contribution >= 4 is 11.8 Å². The fourth-order valence-electron chi connectivity index (χ4n) is 2.26. The number of hydrogen-bond acceptors (Lipinski definition) is 6. The number of anilines is 2. The molecule has 124 valence electrons. The lowest BCUT2D eigenvalue weighted by atomic mass is 10.00. The Kier molecular flexibility index (Phi) is 5.26. The second kappa shape index (κ2) is 7.17. The number of nitrogens with two attached hydrogens (primary N) is 1. The Morgan fingerprint density at radius 1 is 1.22 bits per heavy atom. The van der Waals surface area contributed by atoms with E-state index in [2.05, 4.69) is 29.1 Å². The van der Waals surface area contributed by atoms with Crippen molar-refractivity contribution in [2.75, 3.05) is 24.7 Å². The third kappa shape index (κ3) is 3.83. The summed E-state index contributed by atoms with van der Waals surface area (Å²) in [5, 5.41) is 3.02. The predicted molar refractivity (Wildman–Crippen MR) is 92.5 cm³/mol. The quantitative estimate of drug-likeness (QED) is 0.845. The lowest BCUT2D eigenvalue weighted by Crippen LogP contribution is -2.06. The van der Waals surface area contributed by atoms with E-state index in [0.717, 1.165) is 29.2 Å². The zero-order chi connectivity index (χ0) is 17.0. The first-order chi connectivity index (χ1) is 11.0. The maximum atomic E-state index is 5.98. The number of nitrogens with one attached hydrogen (secondary N) is 1. The van der Waals surface area contributed by atoms with Crippen molar-refractivity contribution in [3.8, 4) is 17.2 Å². The smallest absolute Gasteiger partial charge is 0.224 e. The van der Waals surface area contributed by atoms with Crippen LogP contribution in [-0.4, -0.2) is 23.6 Å². The predicted octanol–water partition coefficient (Wildman–Crippen LogP) is 3.72. The van der Waals surface area contributed by atoms with E-state index < -0.39 is 0 Å². The molecule has 0 unspecified atom stereocenters. The number of rotatable bonds is 6. The summed E-state index contributed by atoms with van der Waals surface area (Å²) in [5.41, 5.74) is 8.02. The number of nitrogens with zero attached hydrogens (tertiary/aromatic N) is 2. The molecule has 0 bridgehead atoms. The van der Waals surface area contributed by atoms with Crippen molar-refractivity contribution in [1.29, 1.82) is 0 Å². The Balaban J connectivity index is 2.37. The molecule has 2 aromatic rings. The molecule has 0 aliphatic heterocycles. The molecule has 0 saturated heterocycles. The van der Waals surface area contributed by atoms with Gasteiger partial charge in [-0.05, 0) is 37.5 Å². The van der Waals surface area contributed by atoms with Gasteiger partial charge in [0.1, 0.15) is 11.5 Å². The van der Waals surface area contributed by atoms with Crippen LogP contribution in [0.25, 0.3) is 0 Å². The summed E-state index contributed by atoms with van der Waals surface area (Å²) in [6.07, 6.45) is 1.59. The molecular formula is C17H24N4O2. The molecular weight excluding hydrogens is 292 g/mol. The number of nitrogen functional groups attached to an aromatic ring is 1. The van der Waals surface area contributed by atoms with Crippen LogP contribution in [0.4, 0.5) is 11.8 Å². The van der Waals surface area contributed by atoms with Gasteiger partial charge >= 0.3 is 0 Å². The first kappa shape index (κ1) is 16.9. The van der Waals surface area contributed by atoms with Gasteiger partial charge in [0.05, 0.1) is 13.3 Å². The van der Waals surface area contributed by atoms with Crippen LogP contribution in [0.5, 0.6) is 17.2 Å². The number of hydrogen-bond donors (Lipinski definition) is 2. The molecule has 0 saturated carbocycles. The summed E-state index contributed by atoms with van der Waals surface area (Å²) in [6, 6.07) is 3.95. The fourth-order valence-corrected chi connectivity index (χ4v) is 2.26. The van der Waals surface area contributed by atoms with E-state index in [4.69, 9.17) is 15.2 Å². The van der Waals surface area contributed by atoms with E-state index in [1.54, 1.807) is 13.3 Å². The topological polar surface area (TPSA) is 82.3 Å². The van der Waals surface area contributed by atoms with Crippen molar-refractivity contribution in [1.82, 2.24) is 9.97 Å². The fraction of sp³-hybridized carbons (Fsp3) is 0.412. The van der Waals surface area contributed by atoms with Gasteiger partial charge in [-0.15, -0.1) is 0 Å². The Bertz CT molecular complexity index is 687. The number of aromatic nitrogens is 2. The van der Waals surface area contributed by atoms with Crippen LogP contribution in [0.15, 0.2) is 18.3 Å². The van der Waals surface area contributed by atoms with Crippen molar-refractivity contribution < 1.29 is 9.47 Å². The minimum atomic E-state index is 0.280. The summed E-state index contributed by atoms with van der Waals surface area (Å²) >= 11 is 0. The van der Waals surface area contributed by atoms with Crippen LogP contribution in [0, 0.1) is 6.92 Å². The Labute approximate surface area is 137 Å². The first-order valence-electron chi connectivity index (χ1n) is 7.69. The molecule has 1 aromatic heterocycles. The minimum Gasteiger partial charge on any atom is -0.496 e. The molecule has 1 heterocycles. The van der Waals surface area contributed by atoms with Gasteiger partial charge in [-0.1, -0.05) is 13.8 Å². The van der Waals surface area contributed by atoms with Crippen molar-refractivity contribution in [2.24, 2.45) is 0 Å². The zero-order valence-electron chi connectivity index (χ0n) is 14.3. The average Bonchev–Trinajstić information content (AvgIpc) is 2.50. The number of aryl methyl sites for hydroxylation is 1. The normalized spacial score (nSPS) is 10.7. The van der Waals surface area contributed by atoms with Crippen LogP contribution >= 0.6 is 0 Å². The van der Waals surface area contributed by atoms with Crippen molar-refractivity contribution in [3.63, 3.8) is 0 Å². The molecule has 2 rings (SSSR count). The highest BCUT2D eigenvalue weighted by atomic mass is 16.5. The summed E-state index contributed by atoms with van der Waals surface area (Å²) in [5.74, 6) is 3.10. The lowest BCUT2D eigenvalue weighted by molar-refractivity contribution is 0.407. The van der Waals surface area contributed by atoms with E-state index in [-0.39, 0.29) is 5.92 Å². The van der Waals surface area contributed by atoms with E-state index in [0.29, 0.717) is 17.5 Å². The van der Waals surface area contributed by atoms with Crippen LogP contribution in [0.3, 0.4) is 0 Å². The number of benzene rings is 1. The third-order valence-electron chi connectivity index (χ3n) is 3.49. The van der Waals surface area contributed by atoms with E-state index >= 15 is 0 Å². The number of ether oxygens (including phenoxy) is 2. The maximum absolute atomic E-state index is 5.98. The van der Waals surface area contributed by atoms with Gasteiger partial charge in [0, 0.05) is 12.1 Å². The van der Waals surface area contributed by atoms with Crippen LogP contribution in [0.2, 0.25) is 0 Å². The van der Waals surface area contributed by atoms with Crippen molar-refractivity contribution in [3.05, 3.63) is 29.5 Å². The molecule has 0 aliphatic rings. The van der Waals surface area contributed by atoms with Gasteiger partial charge < -0.3 is 20.5 Å². The average molecular weight is 316 g/mol. The van der Waals surface area contributed by atoms with Crippen LogP contribution < -0.4 is 20.5 Å². The zero-order valence-corrected chi connectivity index (χ0v) is 14.3. The Hall–Kier alpha value is -2.50. The molecule has 0 amide bonds. The summed E-state index contributed by atoms with van der Waals surface area (Å²) in [4.78, 5) is 8.40. The summed E-state index contributed by atoms with van der Waals surface area (Å²) in [7, 11) is 1.66. The molecule has 0 radical (unpaired) electrons. The summed E-state index contributed by atoms with van der Waals surface area (Å²) in [6.45, 7) is 8.88. The molecule has 23 heavy (non-hydrogen) atoms. The van der Waals surface area contributed by atoms with E-state index in [9.17, 15) is 0 Å². The van der Waals surface area contributed by atoms with Gasteiger partial charge in [0.2, 0.25) is 5.95 Å². The van der Waals surface area contributed by atoms with Gasteiger partial charge in [0.15, 0.2) is 11.6 Å². The molecule has 6 nitrogen and oxygen atoms in total. The Morgan fingerprint density at radius 3 is 2.52 bits per heavy atom. The third-order valence-corrected chi connectivity index (χ3v) is 3.49. The highest BCUT2D eigenvalue weighted by Gasteiger charge is 2.15. The second-order valence-electron chi connectivity index (χ2n) is 5.59. The maximum Gasteiger partial charge on any atom is 0.224 e. The highest BCUT2D eigenvalue weighted by molar-refractivity contribution is 5.53. The molecule has 1 aromatic carbocycles. The molecule has 0 aliphatic carbocycles. The van der Waals surface area contributed by atoms with Gasteiger partial charge in [-0.25, -0.2) is 4.98 Å². The molecule has 6 heteroatoms. The van der Waals surface area contributed by atoms with Gasteiger partial charge in [-0.2, -0.15) is 4.98 Å². The minimum absolute atomic E-state index is 0.280. The molecule has 0 atom stereocenters. The van der Waals surface area contributed by atoms with Gasteiger partial charge in [-0.3, -0.25) is 0 Å². The second-order valence-corrected chi connectivity index (χ2v) is 5.59. The lowest BCUT2D eigenvalue weighted by Gasteiger charge is -2.17. The molecule has 0 spiro atoms. The number of methoxy groups -OCH3 is 1. The largest absolute Gasteiger partial charge is 0.496 e. The van der Waals surface area contributed by atoms with Gasteiger partial charge in [0.25, 0.3) is 0 Å². The van der Waals surface area contributed by atoms with E-state index in [1.807, 2.05) is 26.0 Å². The standard InChI is InChI=1S/C17H24N4O2/c1-6-19-17-20-9-15(16(18)21-17)23-14-7-11(4)13(22-5)8-12(14)10(2)3/h7-10H,6H2,1-5H3,(H3,18,19,20,21). The Morgan fingerprint density at radius 2 is 1.96 bits per heavy atom. The van der Waals surface area contributed by atoms with Crippen LogP contribution in [0.1, 0.15) is 37.8 Å². The monoisotopic (exact) mass is 316 g/mol. The first-order valence-corrected chi connectivity index (χ1v) is 7.69. The van der Waals surface area contributed by atoms with Crippen molar-refractivity contribution in [2.45, 2.75) is 33.6 Å². The summed E-state index contributed by atoms with van der Waals surface area (Å²) < 4.78 is 11.4. The SMILES string of the molecule is CCNc1ncc(Oc2cc(C)c(OC)cc2C(C)C)c(N)n1. The van der Waals surface area contributed by atoms with Crippen LogP contribution in [-0.2, 0) is 0 Å².